The molecule has 13 N–H and O–H groups in total. The Kier molecular flexibility index (Phi) is 22.9. The third kappa shape index (κ3) is 18.7. The number of nitrogens with one attached hydrogen (secondary N) is 7. The molecule has 0 aromatic heterocycles. The molecule has 1 aromatic rings. The molecule has 0 bridgehead atoms. The lowest BCUT2D eigenvalue weighted by molar-refractivity contribution is -0.142. The fourth-order valence-corrected chi connectivity index (χ4v) is 9.45. The van der Waals surface area contributed by atoms with Gasteiger partial charge in [0.1, 0.15) is 42.3 Å². The van der Waals surface area contributed by atoms with Crippen molar-refractivity contribution in [1.29, 1.82) is 0 Å². The van der Waals surface area contributed by atoms with E-state index >= 15 is 0 Å². The molecule has 2 aliphatic rings. The average Bonchev–Trinajstić information content (AvgIpc) is 3.77. The Morgan fingerprint density at radius 1 is 0.791 bits per heavy atom. The smallest absolute Gasteiger partial charge is 0.246 e. The molecule has 0 aliphatic carbocycles. The summed E-state index contributed by atoms with van der Waals surface area (Å²) in [6, 6.07) is -0.282. The Bertz CT molecular complexity index is 1960. The molecule has 0 spiro atoms. The summed E-state index contributed by atoms with van der Waals surface area (Å²) in [6.07, 6.45) is -0.364. The van der Waals surface area contributed by atoms with Crippen LogP contribution in [0.1, 0.15) is 84.6 Å². The number of carbonyl (C=O) groups is 11. The number of carbonyl (C=O) groups excluding carboxylic acids is 11. The Balaban J connectivity index is 2.01. The van der Waals surface area contributed by atoms with Crippen molar-refractivity contribution in [3.63, 3.8) is 0 Å². The van der Waals surface area contributed by atoms with Crippen LogP contribution in [0, 0.1) is 11.8 Å². The largest absolute Gasteiger partial charge is 0.370 e. The van der Waals surface area contributed by atoms with E-state index in [-0.39, 0.29) is 56.1 Å². The topological polar surface area (TPSA) is 353 Å². The monoisotopic (exact) mass is 975 g/mol. The van der Waals surface area contributed by atoms with Gasteiger partial charge in [0.25, 0.3) is 0 Å². The molecule has 2 saturated heterocycles. The van der Waals surface area contributed by atoms with Crippen LogP contribution in [0.3, 0.4) is 0 Å². The van der Waals surface area contributed by atoms with E-state index in [2.05, 4.69) is 37.2 Å². The number of amides is 11. The molecule has 2 fully saturated rings. The number of primary amides is 3. The van der Waals surface area contributed by atoms with Crippen molar-refractivity contribution in [2.75, 3.05) is 24.6 Å². The first-order valence-corrected chi connectivity index (χ1v) is 24.7. The van der Waals surface area contributed by atoms with Crippen LogP contribution in [-0.4, -0.2) is 137 Å². The van der Waals surface area contributed by atoms with Gasteiger partial charge >= 0.3 is 0 Å². The lowest BCUT2D eigenvalue weighted by Gasteiger charge is -2.31. The van der Waals surface area contributed by atoms with Gasteiger partial charge in [-0.2, -0.15) is 0 Å². The summed E-state index contributed by atoms with van der Waals surface area (Å²) in [7, 11) is 2.29. The molecule has 0 unspecified atom stereocenters. The Hall–Kier alpha value is -5.91. The molecule has 22 nitrogen and oxygen atoms in total. The van der Waals surface area contributed by atoms with Crippen molar-refractivity contribution < 1.29 is 52.7 Å². The van der Waals surface area contributed by atoms with Crippen LogP contribution in [0.15, 0.2) is 30.3 Å². The first-order valence-electron chi connectivity index (χ1n) is 22.2. The number of likely N-dealkylation sites (tertiary alicyclic amines) is 1. The number of hydrogen-bond donors (Lipinski definition) is 10. The zero-order valence-corrected chi connectivity index (χ0v) is 39.9. The average molecular weight is 976 g/mol. The lowest BCUT2D eigenvalue weighted by atomic mass is 9.96. The van der Waals surface area contributed by atoms with E-state index in [1.807, 2.05) is 13.8 Å². The summed E-state index contributed by atoms with van der Waals surface area (Å²) in [6.45, 7) is 6.76. The maximum atomic E-state index is 14.4. The van der Waals surface area contributed by atoms with Crippen LogP contribution >= 0.6 is 21.6 Å². The number of benzene rings is 1. The fraction of sp³-hybridized carbons (Fsp3) is 0.605. The zero-order chi connectivity index (χ0) is 49.8. The quantitative estimate of drug-likeness (QED) is 0.0739. The third-order valence-corrected chi connectivity index (χ3v) is 13.5. The van der Waals surface area contributed by atoms with Crippen molar-refractivity contribution in [3.05, 3.63) is 35.9 Å². The van der Waals surface area contributed by atoms with Gasteiger partial charge in [0, 0.05) is 37.3 Å². The zero-order valence-electron chi connectivity index (χ0n) is 38.3. The van der Waals surface area contributed by atoms with Gasteiger partial charge < -0.3 is 59.3 Å². The van der Waals surface area contributed by atoms with Gasteiger partial charge in [-0.3, -0.25) is 52.7 Å². The van der Waals surface area contributed by atoms with Gasteiger partial charge in [0.05, 0.1) is 13.0 Å². The first kappa shape index (κ1) is 55.4. The van der Waals surface area contributed by atoms with E-state index in [9.17, 15) is 52.7 Å². The predicted molar refractivity (Wildman–Crippen MR) is 249 cm³/mol. The highest BCUT2D eigenvalue weighted by Gasteiger charge is 2.41. The van der Waals surface area contributed by atoms with E-state index in [0.717, 1.165) is 16.4 Å². The fourth-order valence-electron chi connectivity index (χ4n) is 7.31. The van der Waals surface area contributed by atoms with Gasteiger partial charge in [0.2, 0.25) is 65.0 Å². The Morgan fingerprint density at radius 2 is 1.45 bits per heavy atom. The minimum Gasteiger partial charge on any atom is -0.370 e. The van der Waals surface area contributed by atoms with E-state index in [1.54, 1.807) is 44.2 Å². The molecular weight excluding hydrogens is 911 g/mol. The van der Waals surface area contributed by atoms with Crippen molar-refractivity contribution in [1.82, 2.24) is 42.1 Å². The van der Waals surface area contributed by atoms with E-state index < -0.39 is 133 Å². The lowest BCUT2D eigenvalue weighted by Crippen LogP contribution is -2.61. The van der Waals surface area contributed by atoms with Crippen LogP contribution in [0.5, 0.6) is 0 Å². The minimum absolute atomic E-state index is 0.0663. The number of rotatable bonds is 17. The molecule has 0 saturated carbocycles. The van der Waals surface area contributed by atoms with E-state index in [4.69, 9.17) is 17.2 Å². The van der Waals surface area contributed by atoms with Crippen LogP contribution in [0.25, 0.3) is 0 Å². The van der Waals surface area contributed by atoms with Crippen LogP contribution in [-0.2, 0) is 59.2 Å². The highest BCUT2D eigenvalue weighted by Crippen LogP contribution is 2.26. The maximum absolute atomic E-state index is 14.4. The number of hydrogen-bond acceptors (Lipinski definition) is 13. The summed E-state index contributed by atoms with van der Waals surface area (Å²) < 4.78 is 0. The van der Waals surface area contributed by atoms with Crippen molar-refractivity contribution in [2.45, 2.75) is 128 Å². The van der Waals surface area contributed by atoms with Crippen molar-refractivity contribution in [2.24, 2.45) is 29.0 Å². The summed E-state index contributed by atoms with van der Waals surface area (Å²) >= 11 is 0. The highest BCUT2D eigenvalue weighted by molar-refractivity contribution is 8.76. The van der Waals surface area contributed by atoms with Crippen molar-refractivity contribution in [3.8, 4) is 0 Å². The molecule has 2 aliphatic heterocycles. The van der Waals surface area contributed by atoms with Crippen molar-refractivity contribution >= 4 is 86.6 Å². The molecule has 11 amide bonds. The second-order valence-electron chi connectivity index (χ2n) is 17.0. The molecule has 1 aromatic carbocycles. The summed E-state index contributed by atoms with van der Waals surface area (Å²) in [5.74, 6) is -9.22. The molecule has 24 heteroatoms. The van der Waals surface area contributed by atoms with Gasteiger partial charge in [-0.25, -0.2) is 0 Å². The van der Waals surface area contributed by atoms with Gasteiger partial charge in [-0.15, -0.1) is 0 Å². The SMILES string of the molecule is CC[C@H](C)[C@@H]1NC(=O)[C@H](Cc2ccccc2)NC(=O)CCSSC[C@@H](C(=O)N2CCC[C@H]2C(=O)N[C@@H](CC(C)C)C(=O)NCC(N)=O)NC(=O)[C@H](CC(N)=O)NC(=O)[C@H](CCC(N)=O)NC1=O. The second kappa shape index (κ2) is 27.7. The Labute approximate surface area is 397 Å². The number of nitrogens with zero attached hydrogens (tertiary/aromatic N) is 1. The second-order valence-corrected chi connectivity index (χ2v) is 19.6. The van der Waals surface area contributed by atoms with E-state index in [1.165, 1.54) is 15.7 Å². The summed E-state index contributed by atoms with van der Waals surface area (Å²) in [5.41, 5.74) is 16.8. The van der Waals surface area contributed by atoms with Crippen LogP contribution in [0.4, 0.5) is 0 Å². The molecule has 67 heavy (non-hydrogen) atoms. The Morgan fingerprint density at radius 3 is 2.07 bits per heavy atom. The van der Waals surface area contributed by atoms with Crippen LogP contribution in [0.2, 0.25) is 0 Å². The van der Waals surface area contributed by atoms with Gasteiger partial charge in [-0.05, 0) is 43.1 Å². The summed E-state index contributed by atoms with van der Waals surface area (Å²) in [5, 5.41) is 18.1. The molecule has 370 valence electrons. The standard InChI is InChI=1S/C43H65N11O11S2/c1-5-24(4)36-42(64)49-26(13-14-32(44)55)38(60)50-29(20-33(45)56)39(61)52-30(22-67-66-17-15-35(58)48-28(40(62)53-36)19-25-10-7-6-8-11-25)43(65)54-16-9-12-31(54)41(63)51-27(18-23(2)3)37(59)47-21-34(46)57/h6-8,10-11,23-24,26-31,36H,5,9,12-22H2,1-4H3,(H2,44,55)(H2,45,56)(H2,46,57)(H,47,59)(H,48,58)(H,49,64)(H,50,60)(H,51,63)(H,52,61)(H,53,62)/t24-,26-,27-,28-,29-,30-,31-,36-/m0/s1. The first-order chi connectivity index (χ1) is 31.7. The third-order valence-electron chi connectivity index (χ3n) is 11.0. The summed E-state index contributed by atoms with van der Waals surface area (Å²) in [4.78, 5) is 148. The maximum Gasteiger partial charge on any atom is 0.246 e. The molecule has 3 rings (SSSR count). The minimum atomic E-state index is -1.71. The predicted octanol–water partition coefficient (Wildman–Crippen LogP) is -2.25. The number of nitrogens with two attached hydrogens (primary N) is 3. The highest BCUT2D eigenvalue weighted by atomic mass is 33.1. The van der Waals surface area contributed by atoms with E-state index in [0.29, 0.717) is 12.8 Å². The van der Waals surface area contributed by atoms with Crippen LogP contribution < -0.4 is 54.4 Å². The van der Waals surface area contributed by atoms with Gasteiger partial charge in [0.15, 0.2) is 0 Å². The molecule has 2 heterocycles. The normalized spacial score (nSPS) is 23.5. The molecule has 0 radical (unpaired) electrons. The van der Waals surface area contributed by atoms with Gasteiger partial charge in [-0.1, -0.05) is 86.0 Å². The molecular formula is C43H65N11O11S2. The molecule has 8 atom stereocenters.